The van der Waals surface area contributed by atoms with Gasteiger partial charge in [-0.05, 0) is 72.6 Å². The van der Waals surface area contributed by atoms with Gasteiger partial charge in [0.25, 0.3) is 11.5 Å². The number of aryl methyl sites for hydroxylation is 1. The quantitative estimate of drug-likeness (QED) is 0.293. The number of nitrogens with one attached hydrogen (secondary N) is 1. The van der Waals surface area contributed by atoms with Gasteiger partial charge in [-0.1, -0.05) is 13.8 Å². The van der Waals surface area contributed by atoms with Crippen LogP contribution in [0.2, 0.25) is 0 Å². The van der Waals surface area contributed by atoms with Crippen molar-refractivity contribution in [2.75, 3.05) is 54.5 Å². The summed E-state index contributed by atoms with van der Waals surface area (Å²) in [6.45, 7) is 11.6. The first-order valence-corrected chi connectivity index (χ1v) is 18.0. The maximum absolute atomic E-state index is 13.9. The molecule has 2 N–H and O–H groups in total. The van der Waals surface area contributed by atoms with Crippen LogP contribution in [0.25, 0.3) is 11.1 Å². The largest absolute Gasteiger partial charge is 0.392 e. The highest BCUT2D eigenvalue weighted by atomic mass is 32.1. The van der Waals surface area contributed by atoms with Crippen LogP contribution in [-0.4, -0.2) is 81.9 Å². The summed E-state index contributed by atoms with van der Waals surface area (Å²) >= 11 is 1.62. The maximum atomic E-state index is 13.9. The molecule has 1 aliphatic carbocycles. The van der Waals surface area contributed by atoms with E-state index < -0.39 is 0 Å². The van der Waals surface area contributed by atoms with Crippen LogP contribution in [0, 0.1) is 5.41 Å². The number of ether oxygens (including phenoxy) is 1. The number of carbonyl (C=O) groups is 1. The number of anilines is 4. The molecular formula is C37H43N7O4S. The van der Waals surface area contributed by atoms with Crippen molar-refractivity contribution in [3.8, 4) is 11.1 Å². The van der Waals surface area contributed by atoms with E-state index in [2.05, 4.69) is 45.9 Å². The number of aliphatic hydroxyl groups excluding tert-OH is 1. The van der Waals surface area contributed by atoms with Gasteiger partial charge < -0.3 is 24.6 Å². The number of aromatic nitrogens is 3. The summed E-state index contributed by atoms with van der Waals surface area (Å²) in [4.78, 5) is 45.2. The molecule has 0 bridgehead atoms. The fourth-order valence-electron chi connectivity index (χ4n) is 7.95. The fourth-order valence-corrected chi connectivity index (χ4v) is 9.53. The fraction of sp³-hybridized carbons (Fsp3) is 0.459. The number of aliphatic hydroxyl groups is 1. The SMILES string of the molecule is C[C@H]1CN(C2COC2)CCN1c1ccc(Nc2cc(-c3ccnc(N4CCc5c(sc6c5CC(C)(C)C6)C4=O)c3CO)cn(C)c2=O)nc1. The van der Waals surface area contributed by atoms with Crippen LogP contribution in [0.1, 0.15) is 52.0 Å². The van der Waals surface area contributed by atoms with E-state index in [1.54, 1.807) is 41.7 Å². The normalized spacial score (nSPS) is 20.7. The zero-order chi connectivity index (χ0) is 34.0. The third-order valence-corrected chi connectivity index (χ3v) is 11.9. The zero-order valence-electron chi connectivity index (χ0n) is 28.5. The van der Waals surface area contributed by atoms with Crippen LogP contribution < -0.4 is 20.7 Å². The van der Waals surface area contributed by atoms with Gasteiger partial charge in [-0.15, -0.1) is 11.3 Å². The second-order valence-corrected chi connectivity index (χ2v) is 15.8. The minimum Gasteiger partial charge on any atom is -0.392 e. The van der Waals surface area contributed by atoms with Gasteiger partial charge in [0.15, 0.2) is 0 Å². The second-order valence-electron chi connectivity index (χ2n) is 14.7. The number of pyridine rings is 3. The molecule has 0 spiro atoms. The van der Waals surface area contributed by atoms with Crippen molar-refractivity contribution in [3.63, 3.8) is 0 Å². The van der Waals surface area contributed by atoms with Crippen molar-refractivity contribution < 1.29 is 14.6 Å². The molecule has 2 fully saturated rings. The first-order chi connectivity index (χ1) is 23.6. The Kier molecular flexibility index (Phi) is 8.09. The van der Waals surface area contributed by atoms with Crippen LogP contribution >= 0.6 is 11.3 Å². The van der Waals surface area contributed by atoms with Crippen LogP contribution in [0.3, 0.4) is 0 Å². The topological polar surface area (TPSA) is 116 Å². The summed E-state index contributed by atoms with van der Waals surface area (Å²) in [5.74, 6) is 0.968. The Bertz CT molecular complexity index is 1980. The molecule has 4 aromatic rings. The minimum atomic E-state index is -0.306. The second kappa shape index (κ2) is 12.3. The molecular weight excluding hydrogens is 639 g/mol. The van der Waals surface area contributed by atoms with Crippen molar-refractivity contribution in [2.24, 2.45) is 12.5 Å². The molecule has 12 heteroatoms. The molecule has 3 aliphatic heterocycles. The molecule has 49 heavy (non-hydrogen) atoms. The first kappa shape index (κ1) is 32.1. The van der Waals surface area contributed by atoms with Gasteiger partial charge in [-0.25, -0.2) is 9.97 Å². The summed E-state index contributed by atoms with van der Waals surface area (Å²) in [5, 5.41) is 13.9. The molecule has 0 saturated carbocycles. The van der Waals surface area contributed by atoms with Crippen LogP contribution in [0.4, 0.5) is 23.0 Å². The summed E-state index contributed by atoms with van der Waals surface area (Å²) in [6, 6.07) is 8.45. The Morgan fingerprint density at radius 1 is 1.08 bits per heavy atom. The lowest BCUT2D eigenvalue weighted by Crippen LogP contribution is -2.59. The molecule has 256 valence electrons. The van der Waals surface area contributed by atoms with Crippen LogP contribution in [0.15, 0.2) is 47.7 Å². The Balaban J connectivity index is 1.04. The highest BCUT2D eigenvalue weighted by Crippen LogP contribution is 2.46. The van der Waals surface area contributed by atoms with Gasteiger partial charge in [0.05, 0.1) is 42.6 Å². The van der Waals surface area contributed by atoms with Crippen molar-refractivity contribution in [2.45, 2.75) is 58.7 Å². The van der Waals surface area contributed by atoms with E-state index in [4.69, 9.17) is 4.74 Å². The van der Waals surface area contributed by atoms with Crippen molar-refractivity contribution in [3.05, 3.63) is 79.7 Å². The van der Waals surface area contributed by atoms with Gasteiger partial charge in [-0.2, -0.15) is 0 Å². The average Bonchev–Trinajstić information content (AvgIpc) is 3.55. The van der Waals surface area contributed by atoms with Gasteiger partial charge in [0.1, 0.15) is 17.3 Å². The van der Waals surface area contributed by atoms with Gasteiger partial charge in [-0.3, -0.25) is 19.4 Å². The first-order valence-electron chi connectivity index (χ1n) is 17.2. The summed E-state index contributed by atoms with van der Waals surface area (Å²) < 4.78 is 6.91. The molecule has 4 aromatic heterocycles. The van der Waals surface area contributed by atoms with E-state index in [0.717, 1.165) is 68.2 Å². The van der Waals surface area contributed by atoms with E-state index >= 15 is 0 Å². The molecule has 0 aromatic carbocycles. The van der Waals surface area contributed by atoms with Gasteiger partial charge in [0.2, 0.25) is 0 Å². The molecule has 7 heterocycles. The molecule has 4 aliphatic rings. The molecule has 1 amide bonds. The minimum absolute atomic E-state index is 0.0561. The number of piperazine rings is 1. The molecule has 1 atom stereocenters. The third kappa shape index (κ3) is 5.74. The molecule has 8 rings (SSSR count). The summed E-state index contributed by atoms with van der Waals surface area (Å²) in [7, 11) is 1.71. The number of hydrogen-bond donors (Lipinski definition) is 2. The number of fused-ring (bicyclic) bond motifs is 3. The Hall–Kier alpha value is -4.10. The number of amides is 1. The average molecular weight is 682 g/mol. The predicted molar refractivity (Wildman–Crippen MR) is 192 cm³/mol. The summed E-state index contributed by atoms with van der Waals surface area (Å²) in [5.41, 5.74) is 6.00. The van der Waals surface area contributed by atoms with Gasteiger partial charge >= 0.3 is 0 Å². The van der Waals surface area contributed by atoms with Crippen LogP contribution in [-0.2, 0) is 37.7 Å². The van der Waals surface area contributed by atoms with E-state index in [9.17, 15) is 14.7 Å². The standard InChI is InChI=1S/C37H43N7O4S/c1-22-17-42(25-20-48-21-25)11-12-43(22)24-5-6-32(39-16-24)40-30-13-23(18-41(4)35(30)46)26-7-9-38-34(29(26)19-45)44-10-8-27-28-14-37(2,3)15-31(28)49-33(27)36(44)47/h5-7,9,13,16,18,22,25,45H,8,10-12,14-15,17,19-21H2,1-4H3,(H,39,40)/t22-/m0/s1. The number of hydrogen-bond acceptors (Lipinski definition) is 10. The Morgan fingerprint density at radius 3 is 2.63 bits per heavy atom. The van der Waals surface area contributed by atoms with E-state index in [0.29, 0.717) is 47.1 Å². The highest BCUT2D eigenvalue weighted by molar-refractivity contribution is 7.14. The lowest BCUT2D eigenvalue weighted by molar-refractivity contribution is -0.0691. The van der Waals surface area contributed by atoms with Crippen molar-refractivity contribution in [1.82, 2.24) is 19.4 Å². The van der Waals surface area contributed by atoms with E-state index in [-0.39, 0.29) is 23.5 Å². The Morgan fingerprint density at radius 2 is 1.92 bits per heavy atom. The van der Waals surface area contributed by atoms with Gasteiger partial charge in [0, 0.05) is 67.7 Å². The lowest BCUT2D eigenvalue weighted by atomic mass is 9.89. The molecule has 11 nitrogen and oxygen atoms in total. The molecule has 0 unspecified atom stereocenters. The summed E-state index contributed by atoms with van der Waals surface area (Å²) in [6.07, 6.45) is 8.05. The Labute approximate surface area is 290 Å². The maximum Gasteiger partial charge on any atom is 0.274 e. The number of rotatable bonds is 7. The molecule has 2 saturated heterocycles. The number of carbonyl (C=O) groups excluding carboxylic acids is 1. The molecule has 0 radical (unpaired) electrons. The zero-order valence-corrected chi connectivity index (χ0v) is 29.3. The predicted octanol–water partition coefficient (Wildman–Crippen LogP) is 4.38. The van der Waals surface area contributed by atoms with E-state index in [1.807, 2.05) is 24.4 Å². The van der Waals surface area contributed by atoms with Crippen LogP contribution in [0.5, 0.6) is 0 Å². The number of nitrogens with zero attached hydrogens (tertiary/aromatic N) is 6. The highest BCUT2D eigenvalue weighted by Gasteiger charge is 2.39. The smallest absolute Gasteiger partial charge is 0.274 e. The van der Waals surface area contributed by atoms with Crippen molar-refractivity contribution >= 4 is 40.3 Å². The third-order valence-electron chi connectivity index (χ3n) is 10.6. The monoisotopic (exact) mass is 681 g/mol. The van der Waals surface area contributed by atoms with E-state index in [1.165, 1.54) is 20.6 Å². The number of thiophene rings is 1. The lowest BCUT2D eigenvalue weighted by Gasteiger charge is -2.46. The van der Waals surface area contributed by atoms with Crippen molar-refractivity contribution in [1.29, 1.82) is 0 Å².